The first kappa shape index (κ1) is 13.4. The van der Waals surface area contributed by atoms with E-state index in [1.165, 1.54) is 6.07 Å². The molecular weight excluding hydrogens is 255 g/mol. The van der Waals surface area contributed by atoms with Crippen LogP contribution in [0.25, 0.3) is 0 Å². The molecule has 2 N–H and O–H groups in total. The van der Waals surface area contributed by atoms with Crippen molar-refractivity contribution in [2.75, 3.05) is 32.0 Å². The Morgan fingerprint density at radius 3 is 2.78 bits per heavy atom. The fourth-order valence-corrected chi connectivity index (χ4v) is 2.34. The number of nitrogens with one attached hydrogen (secondary N) is 1. The van der Waals surface area contributed by atoms with Gasteiger partial charge in [0.2, 0.25) is 0 Å². The van der Waals surface area contributed by atoms with E-state index in [4.69, 9.17) is 11.6 Å². The third-order valence-corrected chi connectivity index (χ3v) is 3.79. The number of anilines is 1. The second kappa shape index (κ2) is 5.76. The van der Waals surface area contributed by atoms with E-state index in [0.717, 1.165) is 32.5 Å². The molecule has 0 atom stereocenters. The van der Waals surface area contributed by atoms with Crippen molar-refractivity contribution in [1.29, 1.82) is 0 Å². The van der Waals surface area contributed by atoms with Crippen LogP contribution >= 0.6 is 11.6 Å². The molecule has 0 spiro atoms. The Morgan fingerprint density at radius 1 is 1.44 bits per heavy atom. The SMILES string of the molecule is CN1CCC(CNc2ccc(Cl)c(O)c2F)CC1. The number of phenols is 1. The number of aromatic hydroxyl groups is 1. The second-order valence-corrected chi connectivity index (χ2v) is 5.29. The van der Waals surface area contributed by atoms with Gasteiger partial charge < -0.3 is 15.3 Å². The molecule has 5 heteroatoms. The van der Waals surface area contributed by atoms with Crippen molar-refractivity contribution in [2.45, 2.75) is 12.8 Å². The first-order valence-electron chi connectivity index (χ1n) is 6.17. The highest BCUT2D eigenvalue weighted by atomic mass is 35.5. The molecule has 0 saturated carbocycles. The Balaban J connectivity index is 1.92. The lowest BCUT2D eigenvalue weighted by atomic mass is 9.97. The summed E-state index contributed by atoms with van der Waals surface area (Å²) in [4.78, 5) is 2.30. The number of rotatable bonds is 3. The largest absolute Gasteiger partial charge is 0.504 e. The van der Waals surface area contributed by atoms with Crippen LogP contribution in [0.2, 0.25) is 5.02 Å². The maximum atomic E-state index is 13.7. The molecule has 0 radical (unpaired) electrons. The lowest BCUT2D eigenvalue weighted by Crippen LogP contribution is -2.33. The summed E-state index contributed by atoms with van der Waals surface area (Å²) in [5, 5.41) is 12.5. The molecular formula is C13H18ClFN2O. The van der Waals surface area contributed by atoms with Crippen molar-refractivity contribution < 1.29 is 9.50 Å². The summed E-state index contributed by atoms with van der Waals surface area (Å²) in [5.74, 6) is -0.598. The van der Waals surface area contributed by atoms with Crippen molar-refractivity contribution in [1.82, 2.24) is 4.90 Å². The molecule has 1 aliphatic heterocycles. The highest BCUT2D eigenvalue weighted by molar-refractivity contribution is 6.32. The van der Waals surface area contributed by atoms with Gasteiger partial charge in [-0.2, -0.15) is 0 Å². The standard InChI is InChI=1S/C13H18ClFN2O/c1-17-6-4-9(5-7-17)8-16-11-3-2-10(14)13(18)12(11)15/h2-3,9,16,18H,4-8H2,1H3. The molecule has 3 nitrogen and oxygen atoms in total. The van der Waals surface area contributed by atoms with E-state index < -0.39 is 11.6 Å². The van der Waals surface area contributed by atoms with Crippen molar-refractivity contribution in [2.24, 2.45) is 5.92 Å². The normalized spacial score (nSPS) is 17.9. The maximum absolute atomic E-state index is 13.7. The van der Waals surface area contributed by atoms with E-state index in [9.17, 15) is 9.50 Å². The molecule has 1 aromatic carbocycles. The van der Waals surface area contributed by atoms with E-state index in [1.807, 2.05) is 0 Å². The van der Waals surface area contributed by atoms with Gasteiger partial charge in [0.25, 0.3) is 0 Å². The molecule has 0 aromatic heterocycles. The van der Waals surface area contributed by atoms with Gasteiger partial charge in [0.1, 0.15) is 0 Å². The second-order valence-electron chi connectivity index (χ2n) is 4.89. The Bertz CT molecular complexity index is 420. The topological polar surface area (TPSA) is 35.5 Å². The Kier molecular flexibility index (Phi) is 4.30. The van der Waals surface area contributed by atoms with Crippen LogP contribution in [0, 0.1) is 11.7 Å². The molecule has 2 rings (SSSR count). The first-order valence-corrected chi connectivity index (χ1v) is 6.55. The molecule has 0 aliphatic carbocycles. The van der Waals surface area contributed by atoms with Crippen LogP contribution in [0.4, 0.5) is 10.1 Å². The molecule has 1 aromatic rings. The van der Waals surface area contributed by atoms with Gasteiger partial charge in [0.15, 0.2) is 11.6 Å². The Morgan fingerprint density at radius 2 is 2.11 bits per heavy atom. The number of nitrogens with zero attached hydrogens (tertiary/aromatic N) is 1. The van der Waals surface area contributed by atoms with Gasteiger partial charge in [-0.25, -0.2) is 4.39 Å². The van der Waals surface area contributed by atoms with Gasteiger partial charge in [-0.05, 0) is 51.0 Å². The summed E-state index contributed by atoms with van der Waals surface area (Å²) in [6, 6.07) is 3.06. The van der Waals surface area contributed by atoms with Gasteiger partial charge >= 0.3 is 0 Å². The van der Waals surface area contributed by atoms with Gasteiger partial charge in [-0.3, -0.25) is 0 Å². The Labute approximate surface area is 112 Å². The number of phenolic OH excluding ortho intramolecular Hbond substituents is 1. The summed E-state index contributed by atoms with van der Waals surface area (Å²) in [7, 11) is 2.11. The van der Waals surface area contributed by atoms with Crippen LogP contribution in [-0.4, -0.2) is 36.7 Å². The zero-order chi connectivity index (χ0) is 13.1. The van der Waals surface area contributed by atoms with E-state index in [1.54, 1.807) is 6.07 Å². The van der Waals surface area contributed by atoms with Crippen LogP contribution < -0.4 is 5.32 Å². The lowest BCUT2D eigenvalue weighted by Gasteiger charge is -2.29. The highest BCUT2D eigenvalue weighted by Gasteiger charge is 2.17. The van der Waals surface area contributed by atoms with Gasteiger partial charge in [0.05, 0.1) is 10.7 Å². The van der Waals surface area contributed by atoms with E-state index in [0.29, 0.717) is 11.6 Å². The van der Waals surface area contributed by atoms with Crippen molar-refractivity contribution >= 4 is 17.3 Å². The summed E-state index contributed by atoms with van der Waals surface area (Å²) < 4.78 is 13.7. The van der Waals surface area contributed by atoms with Crippen molar-refractivity contribution in [3.63, 3.8) is 0 Å². The molecule has 0 bridgehead atoms. The molecule has 0 amide bonds. The number of hydrogen-bond acceptors (Lipinski definition) is 3. The number of likely N-dealkylation sites (tertiary alicyclic amines) is 1. The minimum atomic E-state index is -0.671. The maximum Gasteiger partial charge on any atom is 0.189 e. The fourth-order valence-electron chi connectivity index (χ4n) is 2.20. The first-order chi connectivity index (χ1) is 8.58. The van der Waals surface area contributed by atoms with Crippen LogP contribution in [0.15, 0.2) is 12.1 Å². The van der Waals surface area contributed by atoms with E-state index in [-0.39, 0.29) is 5.02 Å². The number of benzene rings is 1. The van der Waals surface area contributed by atoms with Crippen LogP contribution in [-0.2, 0) is 0 Å². The zero-order valence-corrected chi connectivity index (χ0v) is 11.2. The quantitative estimate of drug-likeness (QED) is 0.888. The summed E-state index contributed by atoms with van der Waals surface area (Å²) in [6.07, 6.45) is 2.23. The Hall–Kier alpha value is -1.00. The average Bonchev–Trinajstić information content (AvgIpc) is 2.37. The molecule has 100 valence electrons. The van der Waals surface area contributed by atoms with Crippen LogP contribution in [0.1, 0.15) is 12.8 Å². The lowest BCUT2D eigenvalue weighted by molar-refractivity contribution is 0.226. The third-order valence-electron chi connectivity index (χ3n) is 3.49. The minimum Gasteiger partial charge on any atom is -0.504 e. The monoisotopic (exact) mass is 272 g/mol. The van der Waals surface area contributed by atoms with E-state index in [2.05, 4.69) is 17.3 Å². The van der Waals surface area contributed by atoms with Gasteiger partial charge in [0, 0.05) is 6.54 Å². The molecule has 1 saturated heterocycles. The smallest absolute Gasteiger partial charge is 0.189 e. The van der Waals surface area contributed by atoms with Gasteiger partial charge in [-0.1, -0.05) is 11.6 Å². The van der Waals surface area contributed by atoms with E-state index >= 15 is 0 Å². The number of hydrogen-bond donors (Lipinski definition) is 2. The highest BCUT2D eigenvalue weighted by Crippen LogP contribution is 2.31. The molecule has 18 heavy (non-hydrogen) atoms. The summed E-state index contributed by atoms with van der Waals surface area (Å²) in [6.45, 7) is 2.90. The third kappa shape index (κ3) is 3.06. The van der Waals surface area contributed by atoms with Crippen LogP contribution in [0.5, 0.6) is 5.75 Å². The summed E-state index contributed by atoms with van der Waals surface area (Å²) >= 11 is 5.63. The summed E-state index contributed by atoms with van der Waals surface area (Å²) in [5.41, 5.74) is 0.316. The number of piperidine rings is 1. The minimum absolute atomic E-state index is 0.0392. The molecule has 1 aliphatic rings. The molecule has 1 heterocycles. The average molecular weight is 273 g/mol. The molecule has 1 fully saturated rings. The predicted octanol–water partition coefficient (Wildman–Crippen LogP) is 2.94. The molecule has 0 unspecified atom stereocenters. The van der Waals surface area contributed by atoms with Crippen molar-refractivity contribution in [3.8, 4) is 5.75 Å². The zero-order valence-electron chi connectivity index (χ0n) is 10.4. The van der Waals surface area contributed by atoms with Gasteiger partial charge in [-0.15, -0.1) is 0 Å². The fraction of sp³-hybridized carbons (Fsp3) is 0.538. The van der Waals surface area contributed by atoms with Crippen molar-refractivity contribution in [3.05, 3.63) is 23.0 Å². The number of halogens is 2. The predicted molar refractivity (Wildman–Crippen MR) is 71.8 cm³/mol. The van der Waals surface area contributed by atoms with Crippen LogP contribution in [0.3, 0.4) is 0 Å².